The molecule has 16 heavy (non-hydrogen) atoms. The Labute approximate surface area is 92.8 Å². The van der Waals surface area contributed by atoms with Crippen molar-refractivity contribution < 1.29 is 24.5 Å². The van der Waals surface area contributed by atoms with Crippen molar-refractivity contribution in [3.63, 3.8) is 0 Å². The molecule has 3 atom stereocenters. The topological polar surface area (TPSA) is 87.1 Å². The molecule has 90 valence electrons. The number of aliphatic hydroxyl groups excluding tert-OH is 1. The van der Waals surface area contributed by atoms with E-state index in [1.54, 1.807) is 0 Å². The van der Waals surface area contributed by atoms with Gasteiger partial charge in [-0.25, -0.2) is 4.79 Å². The summed E-state index contributed by atoms with van der Waals surface area (Å²) in [6.45, 7) is 0.639. The van der Waals surface area contributed by atoms with Gasteiger partial charge in [0.2, 0.25) is 0 Å². The maximum absolute atomic E-state index is 11.9. The van der Waals surface area contributed by atoms with Crippen molar-refractivity contribution in [2.75, 3.05) is 13.2 Å². The van der Waals surface area contributed by atoms with E-state index in [9.17, 15) is 14.7 Å². The minimum absolute atomic E-state index is 0.0929. The fourth-order valence-corrected chi connectivity index (χ4v) is 2.25. The number of aliphatic carboxylic acids is 1. The number of carboxylic acid groups (broad SMARTS) is 1. The van der Waals surface area contributed by atoms with Crippen LogP contribution in [0, 0.1) is 0 Å². The Kier molecular flexibility index (Phi) is 3.11. The number of hydrogen-bond acceptors (Lipinski definition) is 4. The van der Waals surface area contributed by atoms with E-state index in [1.807, 2.05) is 0 Å². The largest absolute Gasteiger partial charge is 0.480 e. The summed E-state index contributed by atoms with van der Waals surface area (Å²) in [6.07, 6.45) is 0.300. The summed E-state index contributed by atoms with van der Waals surface area (Å²) in [4.78, 5) is 24.1. The molecule has 2 N–H and O–H groups in total. The highest BCUT2D eigenvalue weighted by molar-refractivity contribution is 5.87. The maximum atomic E-state index is 11.9. The van der Waals surface area contributed by atoms with Crippen LogP contribution < -0.4 is 0 Å². The molecule has 0 bridgehead atoms. The van der Waals surface area contributed by atoms with Gasteiger partial charge in [0.15, 0.2) is 0 Å². The molecule has 1 unspecified atom stereocenters. The zero-order valence-electron chi connectivity index (χ0n) is 8.83. The summed E-state index contributed by atoms with van der Waals surface area (Å²) in [5, 5.41) is 18.4. The fraction of sp³-hybridized carbons (Fsp3) is 0.800. The molecule has 2 fully saturated rings. The van der Waals surface area contributed by atoms with Crippen molar-refractivity contribution in [1.82, 2.24) is 4.90 Å². The SMILES string of the molecule is O=C(O)[C@H]1C[C@@H](O)CN1C(=O)C1CCCO1. The van der Waals surface area contributed by atoms with Gasteiger partial charge in [-0.3, -0.25) is 4.79 Å². The highest BCUT2D eigenvalue weighted by Crippen LogP contribution is 2.23. The van der Waals surface area contributed by atoms with Gasteiger partial charge in [0.25, 0.3) is 5.91 Å². The maximum Gasteiger partial charge on any atom is 0.326 e. The average Bonchev–Trinajstić information content (AvgIpc) is 2.84. The van der Waals surface area contributed by atoms with Gasteiger partial charge in [-0.15, -0.1) is 0 Å². The van der Waals surface area contributed by atoms with Crippen molar-refractivity contribution in [2.24, 2.45) is 0 Å². The molecule has 2 aliphatic rings. The molecule has 2 rings (SSSR count). The van der Waals surface area contributed by atoms with Crippen LogP contribution in [0.3, 0.4) is 0 Å². The molecule has 0 aliphatic carbocycles. The van der Waals surface area contributed by atoms with Gasteiger partial charge in [-0.1, -0.05) is 0 Å². The van der Waals surface area contributed by atoms with Gasteiger partial charge < -0.3 is 19.8 Å². The quantitative estimate of drug-likeness (QED) is 0.648. The average molecular weight is 229 g/mol. The molecule has 0 aromatic rings. The van der Waals surface area contributed by atoms with E-state index < -0.39 is 24.2 Å². The number of likely N-dealkylation sites (tertiary alicyclic amines) is 1. The lowest BCUT2D eigenvalue weighted by molar-refractivity contribution is -0.152. The Morgan fingerprint density at radius 1 is 1.38 bits per heavy atom. The number of aliphatic hydroxyl groups is 1. The molecule has 6 heteroatoms. The third-order valence-corrected chi connectivity index (χ3v) is 3.05. The van der Waals surface area contributed by atoms with Gasteiger partial charge >= 0.3 is 5.97 Å². The van der Waals surface area contributed by atoms with Crippen molar-refractivity contribution in [1.29, 1.82) is 0 Å². The smallest absolute Gasteiger partial charge is 0.326 e. The van der Waals surface area contributed by atoms with Gasteiger partial charge in [-0.05, 0) is 12.8 Å². The molecule has 0 saturated carbocycles. The second-order valence-electron chi connectivity index (χ2n) is 4.24. The molecule has 0 aromatic carbocycles. The number of carboxylic acids is 1. The number of nitrogens with zero attached hydrogens (tertiary/aromatic N) is 1. The molecule has 0 aromatic heterocycles. The monoisotopic (exact) mass is 229 g/mol. The first-order valence-corrected chi connectivity index (χ1v) is 5.42. The van der Waals surface area contributed by atoms with Crippen molar-refractivity contribution in [3.05, 3.63) is 0 Å². The molecule has 2 aliphatic heterocycles. The number of carbonyl (C=O) groups excluding carboxylic acids is 1. The molecule has 1 amide bonds. The van der Waals surface area contributed by atoms with Crippen LogP contribution in [0.15, 0.2) is 0 Å². The number of hydrogen-bond donors (Lipinski definition) is 2. The first-order chi connectivity index (χ1) is 7.59. The minimum Gasteiger partial charge on any atom is -0.480 e. The highest BCUT2D eigenvalue weighted by Gasteiger charge is 2.41. The Balaban J connectivity index is 2.06. The standard InChI is InChI=1S/C10H15NO5/c12-6-4-7(10(14)15)11(5-6)9(13)8-2-1-3-16-8/h6-8,12H,1-5H2,(H,14,15)/t6-,7-,8?/m1/s1. The Hall–Kier alpha value is -1.14. The van der Waals surface area contributed by atoms with Crippen LogP contribution >= 0.6 is 0 Å². The predicted molar refractivity (Wildman–Crippen MR) is 52.7 cm³/mol. The summed E-state index contributed by atoms with van der Waals surface area (Å²) in [7, 11) is 0. The van der Waals surface area contributed by atoms with Crippen LogP contribution in [0.25, 0.3) is 0 Å². The van der Waals surface area contributed by atoms with E-state index in [2.05, 4.69) is 0 Å². The predicted octanol–water partition coefficient (Wildman–Crippen LogP) is -0.788. The Morgan fingerprint density at radius 3 is 2.69 bits per heavy atom. The Bertz CT molecular complexity index is 300. The fourth-order valence-electron chi connectivity index (χ4n) is 2.25. The van der Waals surface area contributed by atoms with Crippen molar-refractivity contribution >= 4 is 11.9 Å². The number of ether oxygens (including phenoxy) is 1. The molecular weight excluding hydrogens is 214 g/mol. The second kappa shape index (κ2) is 4.39. The third kappa shape index (κ3) is 2.03. The van der Waals surface area contributed by atoms with Crippen LogP contribution in [0.5, 0.6) is 0 Å². The summed E-state index contributed by atoms with van der Waals surface area (Å²) >= 11 is 0. The summed E-state index contributed by atoms with van der Waals surface area (Å²) in [5.41, 5.74) is 0. The molecule has 6 nitrogen and oxygen atoms in total. The zero-order valence-corrected chi connectivity index (χ0v) is 8.83. The first-order valence-electron chi connectivity index (χ1n) is 5.42. The highest BCUT2D eigenvalue weighted by atomic mass is 16.5. The molecular formula is C10H15NO5. The lowest BCUT2D eigenvalue weighted by atomic mass is 10.2. The first kappa shape index (κ1) is 11.3. The molecule has 0 spiro atoms. The van der Waals surface area contributed by atoms with E-state index in [-0.39, 0.29) is 18.9 Å². The van der Waals surface area contributed by atoms with Crippen molar-refractivity contribution in [3.8, 4) is 0 Å². The van der Waals surface area contributed by atoms with Crippen LogP contribution in [0.2, 0.25) is 0 Å². The zero-order chi connectivity index (χ0) is 11.7. The molecule has 2 heterocycles. The normalized spacial score (nSPS) is 34.3. The Morgan fingerprint density at radius 2 is 2.12 bits per heavy atom. The van der Waals surface area contributed by atoms with Crippen LogP contribution in [-0.2, 0) is 14.3 Å². The molecule has 2 saturated heterocycles. The third-order valence-electron chi connectivity index (χ3n) is 3.05. The summed E-state index contributed by atoms with van der Waals surface area (Å²) in [5.74, 6) is -1.37. The van der Waals surface area contributed by atoms with Crippen molar-refractivity contribution in [2.45, 2.75) is 37.5 Å². The lowest BCUT2D eigenvalue weighted by Gasteiger charge is -2.23. The number of amides is 1. The summed E-state index contributed by atoms with van der Waals surface area (Å²) < 4.78 is 5.22. The van der Waals surface area contributed by atoms with Crippen LogP contribution in [0.4, 0.5) is 0 Å². The van der Waals surface area contributed by atoms with Gasteiger partial charge in [0, 0.05) is 19.6 Å². The van der Waals surface area contributed by atoms with Gasteiger partial charge in [-0.2, -0.15) is 0 Å². The minimum atomic E-state index is -1.07. The number of β-amino-alcohol motifs (C(OH)–C–C–N with tert-alkyl or cyclic N) is 1. The van der Waals surface area contributed by atoms with E-state index in [4.69, 9.17) is 9.84 Å². The van der Waals surface area contributed by atoms with Crippen LogP contribution in [0.1, 0.15) is 19.3 Å². The number of carbonyl (C=O) groups is 2. The van der Waals surface area contributed by atoms with Gasteiger partial charge in [0.05, 0.1) is 6.10 Å². The summed E-state index contributed by atoms with van der Waals surface area (Å²) in [6, 6.07) is -0.910. The van der Waals surface area contributed by atoms with Crippen LogP contribution in [-0.4, -0.2) is 58.4 Å². The van der Waals surface area contributed by atoms with Gasteiger partial charge in [0.1, 0.15) is 12.1 Å². The lowest BCUT2D eigenvalue weighted by Crippen LogP contribution is -2.45. The van der Waals surface area contributed by atoms with E-state index in [0.29, 0.717) is 13.0 Å². The van der Waals surface area contributed by atoms with E-state index >= 15 is 0 Å². The van der Waals surface area contributed by atoms with E-state index in [1.165, 1.54) is 4.90 Å². The molecule has 0 radical (unpaired) electrons. The second-order valence-corrected chi connectivity index (χ2v) is 4.24. The number of rotatable bonds is 2. The van der Waals surface area contributed by atoms with E-state index in [0.717, 1.165) is 6.42 Å².